The summed E-state index contributed by atoms with van der Waals surface area (Å²) in [7, 11) is -1.96. The minimum atomic E-state index is -3.80. The minimum Gasteiger partial charge on any atom is -0.319 e. The Kier molecular flexibility index (Phi) is 6.04. The highest BCUT2D eigenvalue weighted by atomic mass is 35.5. The van der Waals surface area contributed by atoms with Crippen LogP contribution in [-0.4, -0.2) is 36.3 Å². The Bertz CT molecular complexity index is 1330. The van der Waals surface area contributed by atoms with Crippen LogP contribution in [0, 0.1) is 18.7 Å². The maximum atomic E-state index is 13.2. The summed E-state index contributed by atoms with van der Waals surface area (Å²) in [5.74, 6) is -1.37. The molecule has 31 heavy (non-hydrogen) atoms. The number of amides is 1. The van der Waals surface area contributed by atoms with Gasteiger partial charge in [0, 0.05) is 25.2 Å². The number of hydrogen-bond acceptors (Lipinski definition) is 4. The number of carbonyl (C=O) groups is 1. The van der Waals surface area contributed by atoms with E-state index in [9.17, 15) is 17.6 Å². The molecular formula is C21H21ClFN3O3S2. The fourth-order valence-corrected chi connectivity index (χ4v) is 6.88. The number of thiazole rings is 1. The topological polar surface area (TPSA) is 71.7 Å². The predicted molar refractivity (Wildman–Crippen MR) is 119 cm³/mol. The molecule has 4 rings (SSSR count). The van der Waals surface area contributed by atoms with Gasteiger partial charge >= 0.3 is 0 Å². The molecule has 1 aliphatic rings. The first-order valence-electron chi connectivity index (χ1n) is 9.77. The van der Waals surface area contributed by atoms with Crippen LogP contribution in [0.4, 0.5) is 4.39 Å². The lowest BCUT2D eigenvalue weighted by Crippen LogP contribution is -2.42. The van der Waals surface area contributed by atoms with Gasteiger partial charge in [-0.15, -0.1) is 0 Å². The number of sulfonamides is 1. The van der Waals surface area contributed by atoms with Crippen molar-refractivity contribution in [2.45, 2.75) is 24.7 Å². The number of rotatable bonds is 3. The highest BCUT2D eigenvalue weighted by Crippen LogP contribution is 2.27. The Morgan fingerprint density at radius 2 is 1.97 bits per heavy atom. The van der Waals surface area contributed by atoms with Crippen LogP contribution in [0.3, 0.4) is 0 Å². The van der Waals surface area contributed by atoms with Crippen LogP contribution < -0.4 is 4.80 Å². The molecule has 1 atom stereocenters. The monoisotopic (exact) mass is 481 g/mol. The van der Waals surface area contributed by atoms with Gasteiger partial charge in [0.05, 0.1) is 21.0 Å². The lowest BCUT2D eigenvalue weighted by atomic mass is 9.99. The molecule has 1 fully saturated rings. The molecule has 10 heteroatoms. The van der Waals surface area contributed by atoms with Gasteiger partial charge in [0.2, 0.25) is 10.0 Å². The summed E-state index contributed by atoms with van der Waals surface area (Å²) >= 11 is 7.52. The molecule has 0 saturated carbocycles. The fourth-order valence-electron chi connectivity index (χ4n) is 3.88. The van der Waals surface area contributed by atoms with E-state index in [1.54, 1.807) is 0 Å². The van der Waals surface area contributed by atoms with Gasteiger partial charge < -0.3 is 4.57 Å². The average Bonchev–Trinajstić information content (AvgIpc) is 3.03. The first-order valence-corrected chi connectivity index (χ1v) is 12.4. The van der Waals surface area contributed by atoms with E-state index in [4.69, 9.17) is 11.6 Å². The number of hydrogen-bond donors (Lipinski definition) is 0. The minimum absolute atomic E-state index is 0.0159. The Morgan fingerprint density at radius 3 is 2.68 bits per heavy atom. The number of piperidine rings is 1. The Labute approximate surface area is 188 Å². The standard InChI is InChI=1S/C21H21ClFN3O3S2/c1-13-10-15(22)11-18-19(13)25(2)21(30-18)24-20(27)14-4-3-9-26(12-14)31(28,29)17-7-5-16(23)6-8-17/h5-8,10-11,14H,3-4,9,12H2,1-2H3. The average molecular weight is 482 g/mol. The molecule has 1 aromatic heterocycles. The summed E-state index contributed by atoms with van der Waals surface area (Å²) in [6.45, 7) is 2.32. The van der Waals surface area contributed by atoms with Crippen LogP contribution >= 0.6 is 22.9 Å². The molecule has 1 amide bonds. The van der Waals surface area contributed by atoms with Gasteiger partial charge in [-0.3, -0.25) is 4.79 Å². The van der Waals surface area contributed by atoms with Crippen LogP contribution in [0.2, 0.25) is 5.02 Å². The van der Waals surface area contributed by atoms with Crippen LogP contribution in [0.1, 0.15) is 18.4 Å². The number of carbonyl (C=O) groups excluding carboxylic acids is 1. The van der Waals surface area contributed by atoms with Gasteiger partial charge in [-0.05, 0) is 61.7 Å². The van der Waals surface area contributed by atoms with Crippen LogP contribution in [0.25, 0.3) is 10.2 Å². The molecule has 1 saturated heterocycles. The summed E-state index contributed by atoms with van der Waals surface area (Å²) in [4.78, 5) is 17.8. The van der Waals surface area contributed by atoms with Crippen molar-refractivity contribution in [3.8, 4) is 0 Å². The molecule has 1 unspecified atom stereocenters. The normalized spacial score (nSPS) is 18.6. The van der Waals surface area contributed by atoms with Crippen molar-refractivity contribution >= 4 is 49.1 Å². The van der Waals surface area contributed by atoms with Gasteiger partial charge in [-0.25, -0.2) is 12.8 Å². The maximum Gasteiger partial charge on any atom is 0.252 e. The predicted octanol–water partition coefficient (Wildman–Crippen LogP) is 3.87. The zero-order chi connectivity index (χ0) is 22.3. The summed E-state index contributed by atoms with van der Waals surface area (Å²) < 4.78 is 43.1. The third-order valence-electron chi connectivity index (χ3n) is 5.44. The number of benzene rings is 2. The summed E-state index contributed by atoms with van der Waals surface area (Å²) in [5, 5.41) is 0.624. The van der Waals surface area contributed by atoms with Crippen molar-refractivity contribution in [1.82, 2.24) is 8.87 Å². The van der Waals surface area contributed by atoms with Crippen LogP contribution in [0.5, 0.6) is 0 Å². The lowest BCUT2D eigenvalue weighted by molar-refractivity contribution is -0.122. The quantitative estimate of drug-likeness (QED) is 0.570. The van der Waals surface area contributed by atoms with Crippen molar-refractivity contribution in [3.63, 3.8) is 0 Å². The zero-order valence-electron chi connectivity index (χ0n) is 17.0. The molecule has 0 aliphatic carbocycles. The van der Waals surface area contributed by atoms with Crippen molar-refractivity contribution in [2.75, 3.05) is 13.1 Å². The molecule has 0 spiro atoms. The first kappa shape index (κ1) is 22.1. The molecule has 164 valence electrons. The highest BCUT2D eigenvalue weighted by molar-refractivity contribution is 7.89. The van der Waals surface area contributed by atoms with E-state index in [2.05, 4.69) is 4.99 Å². The lowest BCUT2D eigenvalue weighted by Gasteiger charge is -2.30. The largest absolute Gasteiger partial charge is 0.319 e. The van der Waals surface area contributed by atoms with Gasteiger partial charge in [-0.2, -0.15) is 9.30 Å². The fraction of sp³-hybridized carbons (Fsp3) is 0.333. The van der Waals surface area contributed by atoms with Crippen molar-refractivity contribution < 1.29 is 17.6 Å². The van der Waals surface area contributed by atoms with Crippen molar-refractivity contribution in [1.29, 1.82) is 0 Å². The van der Waals surface area contributed by atoms with Crippen molar-refractivity contribution in [3.05, 3.63) is 57.6 Å². The van der Waals surface area contributed by atoms with E-state index in [1.165, 1.54) is 27.8 Å². The zero-order valence-corrected chi connectivity index (χ0v) is 19.4. The van der Waals surface area contributed by atoms with E-state index in [1.807, 2.05) is 30.7 Å². The van der Waals surface area contributed by atoms with E-state index >= 15 is 0 Å². The molecule has 0 N–H and O–H groups in total. The SMILES string of the molecule is Cc1cc(Cl)cc2sc(=NC(=O)C3CCCN(S(=O)(=O)c4ccc(F)cc4)C3)n(C)c12. The Morgan fingerprint density at radius 1 is 1.26 bits per heavy atom. The second kappa shape index (κ2) is 8.46. The summed E-state index contributed by atoms with van der Waals surface area (Å²) in [6, 6.07) is 8.42. The van der Waals surface area contributed by atoms with Gasteiger partial charge in [0.1, 0.15) is 5.82 Å². The van der Waals surface area contributed by atoms with Gasteiger partial charge in [0.25, 0.3) is 5.91 Å². The van der Waals surface area contributed by atoms with Crippen LogP contribution in [0.15, 0.2) is 46.3 Å². The number of nitrogens with zero attached hydrogens (tertiary/aromatic N) is 3. The molecule has 2 heterocycles. The number of aryl methyl sites for hydroxylation is 2. The maximum absolute atomic E-state index is 13.2. The molecule has 2 aromatic carbocycles. The highest BCUT2D eigenvalue weighted by Gasteiger charge is 2.33. The molecule has 3 aromatic rings. The van der Waals surface area contributed by atoms with Crippen LogP contribution in [-0.2, 0) is 21.9 Å². The number of halogens is 2. The first-order chi connectivity index (χ1) is 14.7. The molecule has 1 aliphatic heterocycles. The Balaban J connectivity index is 1.61. The number of aromatic nitrogens is 1. The van der Waals surface area contributed by atoms with Gasteiger partial charge in [-0.1, -0.05) is 22.9 Å². The third-order valence-corrected chi connectivity index (χ3v) is 8.62. The summed E-state index contributed by atoms with van der Waals surface area (Å²) in [5.41, 5.74) is 1.95. The van der Waals surface area contributed by atoms with E-state index < -0.39 is 21.8 Å². The summed E-state index contributed by atoms with van der Waals surface area (Å²) in [6.07, 6.45) is 1.12. The van der Waals surface area contributed by atoms with E-state index in [0.29, 0.717) is 29.2 Å². The Hall–Kier alpha value is -2.07. The van der Waals surface area contributed by atoms with Crippen molar-refractivity contribution in [2.24, 2.45) is 18.0 Å². The molecule has 0 radical (unpaired) electrons. The smallest absolute Gasteiger partial charge is 0.252 e. The molecule has 6 nitrogen and oxygen atoms in total. The second-order valence-electron chi connectivity index (χ2n) is 7.62. The molecule has 0 bridgehead atoms. The number of fused-ring (bicyclic) bond motifs is 1. The molecular weight excluding hydrogens is 461 g/mol. The van der Waals surface area contributed by atoms with E-state index in [0.717, 1.165) is 27.9 Å². The second-order valence-corrected chi connectivity index (χ2v) is 11.0. The third kappa shape index (κ3) is 4.32. The van der Waals surface area contributed by atoms with Gasteiger partial charge in [0.15, 0.2) is 4.80 Å². The van der Waals surface area contributed by atoms with E-state index in [-0.39, 0.29) is 17.3 Å².